The largest absolute Gasteiger partial charge is 0.334 e. The van der Waals surface area contributed by atoms with Crippen molar-refractivity contribution in [2.24, 2.45) is 5.73 Å². The van der Waals surface area contributed by atoms with Crippen LogP contribution >= 0.6 is 0 Å². The summed E-state index contributed by atoms with van der Waals surface area (Å²) in [5.74, 6) is 1.14. The lowest BCUT2D eigenvalue weighted by Gasteiger charge is -2.26. The standard InChI is InChI=1S/C12H22N4/c1-3-7-16-8-5-10(13)11(16)12-14-6-9-15(12)4-2/h6,9-11H,3-5,7-8,13H2,1-2H3/t10-,11-/m0/s1. The first-order valence-electron chi connectivity index (χ1n) is 6.28. The van der Waals surface area contributed by atoms with Crippen LogP contribution < -0.4 is 5.73 Å². The molecule has 1 aliphatic rings. The predicted molar refractivity (Wildman–Crippen MR) is 65.1 cm³/mol. The Morgan fingerprint density at radius 2 is 2.31 bits per heavy atom. The molecule has 0 bridgehead atoms. The zero-order chi connectivity index (χ0) is 11.5. The second-order valence-corrected chi connectivity index (χ2v) is 4.50. The van der Waals surface area contributed by atoms with Gasteiger partial charge in [-0.2, -0.15) is 0 Å². The molecule has 4 heteroatoms. The van der Waals surface area contributed by atoms with Gasteiger partial charge in [0.05, 0.1) is 6.04 Å². The molecule has 0 amide bonds. The molecule has 0 saturated carbocycles. The van der Waals surface area contributed by atoms with Gasteiger partial charge >= 0.3 is 0 Å². The van der Waals surface area contributed by atoms with Crippen molar-refractivity contribution in [1.82, 2.24) is 14.5 Å². The van der Waals surface area contributed by atoms with Crippen LogP contribution in [-0.4, -0.2) is 33.6 Å². The molecule has 0 aromatic carbocycles. The zero-order valence-electron chi connectivity index (χ0n) is 10.3. The maximum absolute atomic E-state index is 6.22. The van der Waals surface area contributed by atoms with Gasteiger partial charge in [0.15, 0.2) is 0 Å². The number of likely N-dealkylation sites (tertiary alicyclic amines) is 1. The minimum Gasteiger partial charge on any atom is -0.334 e. The molecule has 2 atom stereocenters. The summed E-state index contributed by atoms with van der Waals surface area (Å²) >= 11 is 0. The normalized spacial score (nSPS) is 26.4. The van der Waals surface area contributed by atoms with Crippen LogP contribution in [0.2, 0.25) is 0 Å². The van der Waals surface area contributed by atoms with E-state index in [0.717, 1.165) is 31.9 Å². The van der Waals surface area contributed by atoms with E-state index in [1.54, 1.807) is 0 Å². The second-order valence-electron chi connectivity index (χ2n) is 4.50. The first-order valence-corrected chi connectivity index (χ1v) is 6.28. The fourth-order valence-corrected chi connectivity index (χ4v) is 2.63. The topological polar surface area (TPSA) is 47.1 Å². The van der Waals surface area contributed by atoms with Crippen LogP contribution in [-0.2, 0) is 6.54 Å². The summed E-state index contributed by atoms with van der Waals surface area (Å²) in [6.45, 7) is 7.56. The van der Waals surface area contributed by atoms with Crippen LogP contribution in [0.4, 0.5) is 0 Å². The summed E-state index contributed by atoms with van der Waals surface area (Å²) in [5, 5.41) is 0. The zero-order valence-corrected chi connectivity index (χ0v) is 10.3. The van der Waals surface area contributed by atoms with Crippen molar-refractivity contribution in [2.45, 2.75) is 45.3 Å². The summed E-state index contributed by atoms with van der Waals surface area (Å²) in [6.07, 6.45) is 6.19. The molecule has 1 aliphatic heterocycles. The highest BCUT2D eigenvalue weighted by Crippen LogP contribution is 2.30. The molecule has 1 aromatic rings. The Morgan fingerprint density at radius 1 is 1.50 bits per heavy atom. The average Bonchev–Trinajstić information content (AvgIpc) is 2.85. The van der Waals surface area contributed by atoms with Gasteiger partial charge in [-0.25, -0.2) is 4.98 Å². The number of aromatic nitrogens is 2. The molecule has 0 unspecified atom stereocenters. The molecule has 1 fully saturated rings. The highest BCUT2D eigenvalue weighted by atomic mass is 15.2. The number of rotatable bonds is 4. The summed E-state index contributed by atoms with van der Waals surface area (Å²) in [7, 11) is 0. The maximum atomic E-state index is 6.22. The minimum absolute atomic E-state index is 0.235. The number of nitrogens with two attached hydrogens (primary N) is 1. The summed E-state index contributed by atoms with van der Waals surface area (Å²) < 4.78 is 2.21. The lowest BCUT2D eigenvalue weighted by atomic mass is 10.1. The van der Waals surface area contributed by atoms with E-state index in [1.165, 1.54) is 6.42 Å². The van der Waals surface area contributed by atoms with Gasteiger partial charge in [-0.1, -0.05) is 6.92 Å². The predicted octanol–water partition coefficient (Wildman–Crippen LogP) is 1.39. The summed E-state index contributed by atoms with van der Waals surface area (Å²) in [6, 6.07) is 0.550. The minimum atomic E-state index is 0.235. The Kier molecular flexibility index (Phi) is 3.61. The van der Waals surface area contributed by atoms with E-state index in [2.05, 4.69) is 28.3 Å². The SMILES string of the molecule is CCCN1CC[C@H](N)[C@H]1c1nccn1CC. The van der Waals surface area contributed by atoms with E-state index in [1.807, 2.05) is 12.4 Å². The maximum Gasteiger partial charge on any atom is 0.127 e. The van der Waals surface area contributed by atoms with Gasteiger partial charge in [0.25, 0.3) is 0 Å². The Hall–Kier alpha value is -0.870. The number of aryl methyl sites for hydroxylation is 1. The molecule has 1 aromatic heterocycles. The lowest BCUT2D eigenvalue weighted by molar-refractivity contribution is 0.234. The highest BCUT2D eigenvalue weighted by molar-refractivity contribution is 5.07. The molecule has 0 aliphatic carbocycles. The van der Waals surface area contributed by atoms with Crippen molar-refractivity contribution in [3.8, 4) is 0 Å². The van der Waals surface area contributed by atoms with E-state index in [4.69, 9.17) is 5.73 Å². The summed E-state index contributed by atoms with van der Waals surface area (Å²) in [4.78, 5) is 6.96. The van der Waals surface area contributed by atoms with Gasteiger partial charge in [-0.15, -0.1) is 0 Å². The lowest BCUT2D eigenvalue weighted by Crippen LogP contribution is -2.34. The Balaban J connectivity index is 2.22. The van der Waals surface area contributed by atoms with Gasteiger partial charge < -0.3 is 10.3 Å². The van der Waals surface area contributed by atoms with E-state index < -0.39 is 0 Å². The van der Waals surface area contributed by atoms with Crippen molar-refractivity contribution < 1.29 is 0 Å². The third-order valence-electron chi connectivity index (χ3n) is 3.41. The van der Waals surface area contributed by atoms with Crippen LogP contribution in [0.5, 0.6) is 0 Å². The van der Waals surface area contributed by atoms with Crippen molar-refractivity contribution >= 4 is 0 Å². The molecule has 0 radical (unpaired) electrons. The van der Waals surface area contributed by atoms with E-state index >= 15 is 0 Å². The Labute approximate surface area is 97.4 Å². The molecule has 4 nitrogen and oxygen atoms in total. The average molecular weight is 222 g/mol. The van der Waals surface area contributed by atoms with Gasteiger partial charge in [0.2, 0.25) is 0 Å². The van der Waals surface area contributed by atoms with Crippen molar-refractivity contribution in [1.29, 1.82) is 0 Å². The number of hydrogen-bond acceptors (Lipinski definition) is 3. The number of imidazole rings is 1. The van der Waals surface area contributed by atoms with E-state index in [9.17, 15) is 0 Å². The van der Waals surface area contributed by atoms with Gasteiger partial charge in [-0.3, -0.25) is 4.90 Å². The van der Waals surface area contributed by atoms with Gasteiger partial charge in [0, 0.05) is 31.5 Å². The molecular weight excluding hydrogens is 200 g/mol. The Bertz CT molecular complexity index is 332. The third-order valence-corrected chi connectivity index (χ3v) is 3.41. The van der Waals surface area contributed by atoms with Crippen LogP contribution in [0.1, 0.15) is 38.6 Å². The quantitative estimate of drug-likeness (QED) is 0.837. The molecule has 2 rings (SSSR count). The molecule has 16 heavy (non-hydrogen) atoms. The van der Waals surface area contributed by atoms with Crippen LogP contribution in [0.15, 0.2) is 12.4 Å². The molecule has 2 N–H and O–H groups in total. The first kappa shape index (κ1) is 11.6. The molecule has 0 spiro atoms. The molecule has 2 heterocycles. The monoisotopic (exact) mass is 222 g/mol. The van der Waals surface area contributed by atoms with E-state index in [-0.39, 0.29) is 6.04 Å². The smallest absolute Gasteiger partial charge is 0.127 e. The van der Waals surface area contributed by atoms with E-state index in [0.29, 0.717) is 6.04 Å². The van der Waals surface area contributed by atoms with Gasteiger partial charge in [-0.05, 0) is 26.3 Å². The third kappa shape index (κ3) is 1.99. The first-order chi connectivity index (χ1) is 7.77. The van der Waals surface area contributed by atoms with Crippen LogP contribution in [0.25, 0.3) is 0 Å². The summed E-state index contributed by atoms with van der Waals surface area (Å²) in [5.41, 5.74) is 6.22. The van der Waals surface area contributed by atoms with Gasteiger partial charge in [0.1, 0.15) is 5.82 Å². The Morgan fingerprint density at radius 3 is 3.00 bits per heavy atom. The number of hydrogen-bond donors (Lipinski definition) is 1. The van der Waals surface area contributed by atoms with Crippen LogP contribution in [0.3, 0.4) is 0 Å². The highest BCUT2D eigenvalue weighted by Gasteiger charge is 2.34. The van der Waals surface area contributed by atoms with Crippen molar-refractivity contribution in [3.05, 3.63) is 18.2 Å². The van der Waals surface area contributed by atoms with Crippen LogP contribution in [0, 0.1) is 0 Å². The second kappa shape index (κ2) is 4.97. The molecular formula is C12H22N4. The number of nitrogens with zero attached hydrogens (tertiary/aromatic N) is 3. The van der Waals surface area contributed by atoms with Crippen molar-refractivity contribution in [2.75, 3.05) is 13.1 Å². The fraction of sp³-hybridized carbons (Fsp3) is 0.750. The van der Waals surface area contributed by atoms with Crippen molar-refractivity contribution in [3.63, 3.8) is 0 Å². The molecule has 1 saturated heterocycles. The molecule has 90 valence electrons. The fourth-order valence-electron chi connectivity index (χ4n) is 2.63.